The van der Waals surface area contributed by atoms with E-state index in [1.165, 1.54) is 0 Å². The minimum atomic E-state index is 0.550. The number of benzene rings is 1. The third-order valence-corrected chi connectivity index (χ3v) is 5.09. The van der Waals surface area contributed by atoms with Gasteiger partial charge in [-0.05, 0) is 44.6 Å². The largest absolute Gasteiger partial charge is 0.493 e. The lowest BCUT2D eigenvalue weighted by Crippen LogP contribution is -2.30. The van der Waals surface area contributed by atoms with Crippen LogP contribution in [0.15, 0.2) is 28.3 Å². The molecule has 172 valence electrons. The Labute approximate surface area is 190 Å². The van der Waals surface area contributed by atoms with Crippen LogP contribution in [0.1, 0.15) is 39.9 Å². The number of rotatable bonds is 12. The Morgan fingerprint density at radius 3 is 2.68 bits per heavy atom. The van der Waals surface area contributed by atoms with Gasteiger partial charge in [0, 0.05) is 37.8 Å². The summed E-state index contributed by atoms with van der Waals surface area (Å²) in [6.45, 7) is 11.4. The van der Waals surface area contributed by atoms with E-state index in [0.29, 0.717) is 24.8 Å². The first kappa shape index (κ1) is 24.8. The van der Waals surface area contributed by atoms with Gasteiger partial charge in [-0.15, -0.1) is 10.2 Å². The fourth-order valence-electron chi connectivity index (χ4n) is 3.10. The second kappa shape index (κ2) is 13.1. The average Bonchev–Trinajstić information content (AvgIpc) is 3.13. The lowest BCUT2D eigenvalue weighted by Gasteiger charge is -2.14. The molecule has 31 heavy (non-hydrogen) atoms. The van der Waals surface area contributed by atoms with Gasteiger partial charge in [-0.3, -0.25) is 4.99 Å². The van der Waals surface area contributed by atoms with E-state index >= 15 is 0 Å². The van der Waals surface area contributed by atoms with E-state index in [4.69, 9.17) is 14.5 Å². The molecule has 0 spiro atoms. The number of hydrogen-bond donors (Lipinski definition) is 2. The van der Waals surface area contributed by atoms with Crippen molar-refractivity contribution in [2.24, 2.45) is 10.9 Å². The molecule has 2 aromatic rings. The molecule has 9 heteroatoms. The number of methoxy groups -OCH3 is 1. The van der Waals surface area contributed by atoms with Crippen molar-refractivity contribution in [3.8, 4) is 11.5 Å². The Morgan fingerprint density at radius 2 is 2.03 bits per heavy atom. The van der Waals surface area contributed by atoms with Crippen LogP contribution in [-0.2, 0) is 13.0 Å². The predicted octanol–water partition coefficient (Wildman–Crippen LogP) is 4.07. The molecule has 1 heterocycles. The molecular weight excluding hydrogens is 412 g/mol. The van der Waals surface area contributed by atoms with Crippen LogP contribution in [0.2, 0.25) is 0 Å². The first-order chi connectivity index (χ1) is 15.0. The molecule has 0 aliphatic heterocycles. The third-order valence-electron chi connectivity index (χ3n) is 4.42. The molecule has 8 nitrogen and oxygen atoms in total. The highest BCUT2D eigenvalue weighted by molar-refractivity contribution is 7.98. The van der Waals surface area contributed by atoms with E-state index in [0.717, 1.165) is 54.3 Å². The summed E-state index contributed by atoms with van der Waals surface area (Å²) in [5.74, 6) is 3.74. The van der Waals surface area contributed by atoms with Gasteiger partial charge in [0.15, 0.2) is 22.6 Å². The molecule has 0 saturated carbocycles. The molecule has 0 bridgehead atoms. The number of hydrogen-bond acceptors (Lipinski definition) is 6. The fraction of sp³-hybridized carbons (Fsp3) is 0.591. The zero-order valence-electron chi connectivity index (χ0n) is 19.6. The zero-order chi connectivity index (χ0) is 22.6. The van der Waals surface area contributed by atoms with Gasteiger partial charge in [0.25, 0.3) is 0 Å². The number of anilines is 1. The Hall–Kier alpha value is -2.42. The van der Waals surface area contributed by atoms with Crippen molar-refractivity contribution in [1.82, 2.24) is 20.1 Å². The zero-order valence-corrected chi connectivity index (χ0v) is 20.4. The number of aliphatic imine (C=N–C) groups is 1. The monoisotopic (exact) mass is 448 g/mol. The summed E-state index contributed by atoms with van der Waals surface area (Å²) in [7, 11) is 1.64. The molecule has 2 rings (SSSR count). The second-order valence-electron chi connectivity index (χ2n) is 7.40. The Bertz CT molecular complexity index is 837. The van der Waals surface area contributed by atoms with Gasteiger partial charge in [-0.1, -0.05) is 25.6 Å². The van der Waals surface area contributed by atoms with Crippen molar-refractivity contribution in [3.63, 3.8) is 0 Å². The van der Waals surface area contributed by atoms with Crippen LogP contribution in [0.5, 0.6) is 11.5 Å². The lowest BCUT2D eigenvalue weighted by molar-refractivity contribution is 0.311. The summed E-state index contributed by atoms with van der Waals surface area (Å²) in [5.41, 5.74) is 0.890. The molecule has 1 aromatic carbocycles. The van der Waals surface area contributed by atoms with Crippen molar-refractivity contribution in [2.75, 3.05) is 38.4 Å². The normalized spacial score (nSPS) is 11.6. The van der Waals surface area contributed by atoms with Gasteiger partial charge in [-0.25, -0.2) is 0 Å². The van der Waals surface area contributed by atoms with E-state index in [1.807, 2.05) is 38.3 Å². The average molecular weight is 449 g/mol. The highest BCUT2D eigenvalue weighted by Crippen LogP contribution is 2.30. The van der Waals surface area contributed by atoms with E-state index < -0.39 is 0 Å². The van der Waals surface area contributed by atoms with Gasteiger partial charge in [0.1, 0.15) is 5.82 Å². The van der Waals surface area contributed by atoms with Crippen LogP contribution in [0.3, 0.4) is 0 Å². The SMILES string of the molecule is CCNC(=NCCCc1nnc(SC)n1CC(C)C)Nc1ccc(OCC)c(OC)c1. The molecule has 0 radical (unpaired) electrons. The number of guanidine groups is 1. The maximum atomic E-state index is 5.59. The van der Waals surface area contributed by atoms with Crippen LogP contribution in [0.25, 0.3) is 0 Å². The van der Waals surface area contributed by atoms with Crippen molar-refractivity contribution in [1.29, 1.82) is 0 Å². The Morgan fingerprint density at radius 1 is 1.23 bits per heavy atom. The lowest BCUT2D eigenvalue weighted by atomic mass is 10.2. The molecule has 0 amide bonds. The minimum absolute atomic E-state index is 0.550. The summed E-state index contributed by atoms with van der Waals surface area (Å²) in [5, 5.41) is 16.3. The Balaban J connectivity index is 2.00. The highest BCUT2D eigenvalue weighted by Gasteiger charge is 2.12. The fourth-order valence-corrected chi connectivity index (χ4v) is 3.62. The smallest absolute Gasteiger partial charge is 0.195 e. The molecule has 2 N–H and O–H groups in total. The number of ether oxygens (including phenoxy) is 2. The highest BCUT2D eigenvalue weighted by atomic mass is 32.2. The first-order valence-corrected chi connectivity index (χ1v) is 12.1. The topological polar surface area (TPSA) is 85.6 Å². The van der Waals surface area contributed by atoms with Crippen LogP contribution >= 0.6 is 11.8 Å². The van der Waals surface area contributed by atoms with Crippen LogP contribution in [-0.4, -0.2) is 53.8 Å². The molecular formula is C22H36N6O2S. The standard InChI is InChI=1S/C22H36N6O2S/c1-7-23-21(25-17-11-12-18(30-8-2)19(14-17)29-5)24-13-9-10-20-26-27-22(31-6)28(20)15-16(3)4/h11-12,14,16H,7-10,13,15H2,1-6H3,(H2,23,24,25). The van der Waals surface area contributed by atoms with E-state index in [-0.39, 0.29) is 0 Å². The summed E-state index contributed by atoms with van der Waals surface area (Å²) in [6.07, 6.45) is 3.78. The minimum Gasteiger partial charge on any atom is -0.493 e. The second-order valence-corrected chi connectivity index (χ2v) is 8.17. The molecule has 0 unspecified atom stereocenters. The summed E-state index contributed by atoms with van der Waals surface area (Å²) in [6, 6.07) is 5.77. The van der Waals surface area contributed by atoms with Crippen LogP contribution in [0, 0.1) is 5.92 Å². The maximum absolute atomic E-state index is 5.59. The summed E-state index contributed by atoms with van der Waals surface area (Å²) in [4.78, 5) is 4.72. The number of aromatic nitrogens is 3. The van der Waals surface area contributed by atoms with Crippen molar-refractivity contribution in [2.45, 2.75) is 52.2 Å². The molecule has 0 aliphatic carbocycles. The number of nitrogens with zero attached hydrogens (tertiary/aromatic N) is 4. The van der Waals surface area contributed by atoms with Crippen molar-refractivity contribution >= 4 is 23.4 Å². The van der Waals surface area contributed by atoms with E-state index in [2.05, 4.69) is 39.2 Å². The quantitative estimate of drug-likeness (QED) is 0.219. The van der Waals surface area contributed by atoms with Crippen LogP contribution < -0.4 is 20.1 Å². The predicted molar refractivity (Wildman–Crippen MR) is 129 cm³/mol. The van der Waals surface area contributed by atoms with E-state index in [9.17, 15) is 0 Å². The van der Waals surface area contributed by atoms with Gasteiger partial charge >= 0.3 is 0 Å². The number of thioether (sulfide) groups is 1. The van der Waals surface area contributed by atoms with Crippen molar-refractivity contribution in [3.05, 3.63) is 24.0 Å². The Kier molecular flexibility index (Phi) is 10.5. The molecule has 0 saturated heterocycles. The maximum Gasteiger partial charge on any atom is 0.195 e. The molecule has 0 aliphatic rings. The molecule has 1 aromatic heterocycles. The summed E-state index contributed by atoms with van der Waals surface area (Å²) < 4.78 is 13.3. The van der Waals surface area contributed by atoms with E-state index in [1.54, 1.807) is 18.9 Å². The van der Waals surface area contributed by atoms with Gasteiger partial charge in [0.2, 0.25) is 0 Å². The molecule has 0 fully saturated rings. The first-order valence-electron chi connectivity index (χ1n) is 10.8. The number of aryl methyl sites for hydroxylation is 1. The van der Waals surface area contributed by atoms with Gasteiger partial charge in [0.05, 0.1) is 13.7 Å². The van der Waals surface area contributed by atoms with Crippen LogP contribution in [0.4, 0.5) is 5.69 Å². The summed E-state index contributed by atoms with van der Waals surface area (Å²) >= 11 is 1.64. The molecule has 0 atom stereocenters. The third kappa shape index (κ3) is 7.65. The van der Waals surface area contributed by atoms with Gasteiger partial charge < -0.3 is 24.7 Å². The number of nitrogens with one attached hydrogen (secondary N) is 2. The van der Waals surface area contributed by atoms with Gasteiger partial charge in [-0.2, -0.15) is 0 Å². The van der Waals surface area contributed by atoms with Crippen molar-refractivity contribution < 1.29 is 9.47 Å².